The largest absolute Gasteiger partial charge is 0.497 e. The van der Waals surface area contributed by atoms with Crippen LogP contribution in [0.2, 0.25) is 0 Å². The van der Waals surface area contributed by atoms with Crippen LogP contribution in [-0.4, -0.2) is 68.8 Å². The van der Waals surface area contributed by atoms with E-state index in [1.54, 1.807) is 7.11 Å². The molecule has 1 aliphatic carbocycles. The molecular formula is C33H42N2O3. The lowest BCUT2D eigenvalue weighted by Crippen LogP contribution is -2.61. The van der Waals surface area contributed by atoms with Crippen LogP contribution < -0.4 is 4.74 Å². The van der Waals surface area contributed by atoms with Crippen molar-refractivity contribution in [2.45, 2.75) is 50.7 Å². The van der Waals surface area contributed by atoms with Gasteiger partial charge in [0, 0.05) is 43.1 Å². The van der Waals surface area contributed by atoms with Crippen LogP contribution in [0, 0.1) is 11.8 Å². The van der Waals surface area contributed by atoms with Gasteiger partial charge in [-0.2, -0.15) is 0 Å². The van der Waals surface area contributed by atoms with Gasteiger partial charge in [-0.15, -0.1) is 0 Å². The lowest BCUT2D eigenvalue weighted by Gasteiger charge is -2.56. The lowest BCUT2D eigenvalue weighted by atomic mass is 9.56. The summed E-state index contributed by atoms with van der Waals surface area (Å²) < 4.78 is 11.9. The number of hydrogen-bond donors (Lipinski definition) is 0. The average molecular weight is 515 g/mol. The van der Waals surface area contributed by atoms with Crippen molar-refractivity contribution in [3.05, 3.63) is 77.9 Å². The zero-order chi connectivity index (χ0) is 26.9. The number of fused-ring (bicyclic) bond motifs is 2. The van der Waals surface area contributed by atoms with Crippen LogP contribution >= 0.6 is 0 Å². The number of benzene rings is 3. The molecule has 4 atom stereocenters. The summed E-state index contributed by atoms with van der Waals surface area (Å²) in [5.74, 6) is 1.73. The predicted octanol–water partition coefficient (Wildman–Crippen LogP) is 6.01. The minimum Gasteiger partial charge on any atom is -0.497 e. The first-order valence-corrected chi connectivity index (χ1v) is 14.0. The number of carbonyl (C=O) groups is 1. The first-order chi connectivity index (χ1) is 18.3. The van der Waals surface area contributed by atoms with Crippen LogP contribution in [0.4, 0.5) is 0 Å². The number of nitrogens with zero attached hydrogens (tertiary/aromatic N) is 2. The van der Waals surface area contributed by atoms with E-state index in [1.165, 1.54) is 5.56 Å². The van der Waals surface area contributed by atoms with Crippen molar-refractivity contribution in [1.29, 1.82) is 0 Å². The summed E-state index contributed by atoms with van der Waals surface area (Å²) in [5, 5.41) is 2.26. The van der Waals surface area contributed by atoms with Crippen molar-refractivity contribution in [3.8, 4) is 5.75 Å². The van der Waals surface area contributed by atoms with Gasteiger partial charge < -0.3 is 19.3 Å². The molecule has 5 rings (SSSR count). The van der Waals surface area contributed by atoms with Crippen molar-refractivity contribution in [3.63, 3.8) is 0 Å². The monoisotopic (exact) mass is 514 g/mol. The third-order valence-electron chi connectivity index (χ3n) is 8.92. The SMILES string of the molecule is COc1cccc(C23CCN(C)CC2C(OC)CC(N(CC(C)C)C(=O)c2ccc4ccccc4c2)C3)c1. The minimum atomic E-state index is -0.0798. The summed E-state index contributed by atoms with van der Waals surface area (Å²) in [6.07, 6.45) is 2.90. The highest BCUT2D eigenvalue weighted by atomic mass is 16.5. The van der Waals surface area contributed by atoms with E-state index in [0.29, 0.717) is 11.8 Å². The van der Waals surface area contributed by atoms with Gasteiger partial charge in [0.15, 0.2) is 0 Å². The number of methoxy groups -OCH3 is 2. The third-order valence-corrected chi connectivity index (χ3v) is 8.92. The molecule has 0 N–H and O–H groups in total. The zero-order valence-corrected chi connectivity index (χ0v) is 23.5. The fourth-order valence-corrected chi connectivity index (χ4v) is 7.03. The molecule has 1 aliphatic heterocycles. The van der Waals surface area contributed by atoms with Crippen LogP contribution in [0.3, 0.4) is 0 Å². The Morgan fingerprint density at radius 2 is 1.84 bits per heavy atom. The zero-order valence-electron chi connectivity index (χ0n) is 23.5. The number of ether oxygens (including phenoxy) is 2. The van der Waals surface area contributed by atoms with Crippen molar-refractivity contribution in [1.82, 2.24) is 9.80 Å². The fourth-order valence-electron chi connectivity index (χ4n) is 7.03. The number of likely N-dealkylation sites (tertiary alicyclic amines) is 1. The van der Waals surface area contributed by atoms with Crippen molar-refractivity contribution >= 4 is 16.7 Å². The van der Waals surface area contributed by atoms with E-state index in [4.69, 9.17) is 9.47 Å². The Morgan fingerprint density at radius 1 is 1.05 bits per heavy atom. The van der Waals surface area contributed by atoms with Gasteiger partial charge in [-0.05, 0) is 79.4 Å². The highest BCUT2D eigenvalue weighted by molar-refractivity contribution is 5.98. The summed E-state index contributed by atoms with van der Waals surface area (Å²) in [5.41, 5.74) is 1.99. The third kappa shape index (κ3) is 5.06. The van der Waals surface area contributed by atoms with Gasteiger partial charge >= 0.3 is 0 Å². The quantitative estimate of drug-likeness (QED) is 0.387. The molecule has 1 saturated heterocycles. The Bertz CT molecular complexity index is 1270. The number of carbonyl (C=O) groups excluding carboxylic acids is 1. The fraction of sp³-hybridized carbons (Fsp3) is 0.485. The maximum atomic E-state index is 14.2. The van der Waals surface area contributed by atoms with Crippen molar-refractivity contribution < 1.29 is 14.3 Å². The van der Waals surface area contributed by atoms with E-state index in [2.05, 4.69) is 73.2 Å². The smallest absolute Gasteiger partial charge is 0.254 e. The van der Waals surface area contributed by atoms with E-state index in [1.807, 2.05) is 31.4 Å². The Balaban J connectivity index is 1.56. The van der Waals surface area contributed by atoms with Gasteiger partial charge in [-0.3, -0.25) is 4.79 Å². The van der Waals surface area contributed by atoms with Crippen LogP contribution in [0.5, 0.6) is 5.75 Å². The van der Waals surface area contributed by atoms with Crippen LogP contribution in [0.1, 0.15) is 49.0 Å². The van der Waals surface area contributed by atoms with E-state index in [-0.39, 0.29) is 23.5 Å². The Morgan fingerprint density at radius 3 is 2.58 bits per heavy atom. The molecule has 1 amide bonds. The summed E-state index contributed by atoms with van der Waals surface area (Å²) in [6, 6.07) is 23.1. The van der Waals surface area contributed by atoms with Gasteiger partial charge in [0.1, 0.15) is 5.75 Å². The molecule has 3 aromatic carbocycles. The lowest BCUT2D eigenvalue weighted by molar-refractivity contribution is -0.0783. The molecule has 4 unspecified atom stereocenters. The van der Waals surface area contributed by atoms with Gasteiger partial charge in [-0.1, -0.05) is 56.3 Å². The van der Waals surface area contributed by atoms with E-state index in [0.717, 1.165) is 61.0 Å². The summed E-state index contributed by atoms with van der Waals surface area (Å²) in [4.78, 5) is 18.8. The maximum Gasteiger partial charge on any atom is 0.254 e. The minimum absolute atomic E-state index is 0.0711. The second-order valence-electron chi connectivity index (χ2n) is 11.8. The number of rotatable bonds is 7. The summed E-state index contributed by atoms with van der Waals surface area (Å²) in [6.45, 7) is 7.15. The molecule has 0 aromatic heterocycles. The standard InChI is InChI=1S/C33H42N2O3/c1-23(2)21-35(32(36)26-14-13-24-9-6-7-10-25(24)17-26)28-19-31(38-5)30-22-34(3)16-15-33(30,20-28)27-11-8-12-29(18-27)37-4/h6-14,17-18,23,28,30-31H,15-16,19-22H2,1-5H3. The van der Waals surface area contributed by atoms with E-state index >= 15 is 0 Å². The van der Waals surface area contributed by atoms with Crippen molar-refractivity contribution in [2.24, 2.45) is 11.8 Å². The highest BCUT2D eigenvalue weighted by Crippen LogP contribution is 2.51. The first-order valence-electron chi connectivity index (χ1n) is 14.0. The van der Waals surface area contributed by atoms with E-state index < -0.39 is 0 Å². The van der Waals surface area contributed by atoms with Gasteiger partial charge in [0.05, 0.1) is 13.2 Å². The first kappa shape index (κ1) is 26.7. The molecule has 1 saturated carbocycles. The second kappa shape index (κ2) is 11.1. The molecule has 0 bridgehead atoms. The molecule has 5 heteroatoms. The number of amides is 1. The second-order valence-corrected chi connectivity index (χ2v) is 11.8. The predicted molar refractivity (Wildman–Crippen MR) is 154 cm³/mol. The molecule has 5 nitrogen and oxygen atoms in total. The van der Waals surface area contributed by atoms with E-state index in [9.17, 15) is 4.79 Å². The molecule has 0 radical (unpaired) electrons. The Labute approximate surface area is 227 Å². The van der Waals surface area contributed by atoms with Crippen LogP contribution in [0.15, 0.2) is 66.7 Å². The van der Waals surface area contributed by atoms with Gasteiger partial charge in [0.25, 0.3) is 5.91 Å². The highest BCUT2D eigenvalue weighted by Gasteiger charge is 2.53. The molecule has 2 aliphatic rings. The molecule has 0 spiro atoms. The average Bonchev–Trinajstić information content (AvgIpc) is 2.94. The van der Waals surface area contributed by atoms with Gasteiger partial charge in [0.2, 0.25) is 0 Å². The molecule has 2 fully saturated rings. The summed E-state index contributed by atoms with van der Waals surface area (Å²) >= 11 is 0. The topological polar surface area (TPSA) is 42.0 Å². The summed E-state index contributed by atoms with van der Waals surface area (Å²) in [7, 11) is 5.79. The number of piperidine rings is 1. The molecule has 38 heavy (non-hydrogen) atoms. The van der Waals surface area contributed by atoms with Gasteiger partial charge in [-0.25, -0.2) is 0 Å². The molecule has 3 aromatic rings. The Hall–Kier alpha value is -2.89. The number of hydrogen-bond acceptors (Lipinski definition) is 4. The van der Waals surface area contributed by atoms with Crippen molar-refractivity contribution in [2.75, 3.05) is 40.9 Å². The normalized spacial score (nSPS) is 25.8. The van der Waals surface area contributed by atoms with Crippen LogP contribution in [-0.2, 0) is 10.2 Å². The Kier molecular flexibility index (Phi) is 7.78. The molecule has 1 heterocycles. The molecular weight excluding hydrogens is 472 g/mol. The van der Waals surface area contributed by atoms with Crippen LogP contribution in [0.25, 0.3) is 10.8 Å². The molecule has 202 valence electrons. The maximum absolute atomic E-state index is 14.2.